The van der Waals surface area contributed by atoms with Gasteiger partial charge in [-0.25, -0.2) is 0 Å². The summed E-state index contributed by atoms with van der Waals surface area (Å²) in [4.78, 5) is 16.5. The summed E-state index contributed by atoms with van der Waals surface area (Å²) in [7, 11) is 1.82. The summed E-state index contributed by atoms with van der Waals surface area (Å²) in [6.07, 6.45) is 1.80. The Hall–Kier alpha value is -2.30. The SMILES string of the molecule is Cn1ccc(C(=O)N2CCN(c3ccccc3)CC2)n1. The Bertz CT molecular complexity index is 585. The number of anilines is 1. The topological polar surface area (TPSA) is 41.4 Å². The number of aryl methyl sites for hydroxylation is 1. The van der Waals surface area contributed by atoms with Crippen molar-refractivity contribution in [3.63, 3.8) is 0 Å². The lowest BCUT2D eigenvalue weighted by molar-refractivity contribution is 0.0740. The molecule has 1 amide bonds. The average molecular weight is 270 g/mol. The van der Waals surface area contributed by atoms with E-state index >= 15 is 0 Å². The van der Waals surface area contributed by atoms with Crippen LogP contribution in [0.15, 0.2) is 42.6 Å². The van der Waals surface area contributed by atoms with E-state index in [4.69, 9.17) is 0 Å². The summed E-state index contributed by atoms with van der Waals surface area (Å²) < 4.78 is 1.66. The predicted octanol–water partition coefficient (Wildman–Crippen LogP) is 1.38. The third-order valence-corrected chi connectivity index (χ3v) is 3.62. The first kappa shape index (κ1) is 12.7. The van der Waals surface area contributed by atoms with Crippen molar-refractivity contribution in [2.24, 2.45) is 7.05 Å². The fourth-order valence-corrected chi connectivity index (χ4v) is 2.50. The quantitative estimate of drug-likeness (QED) is 0.828. The first-order chi connectivity index (χ1) is 9.74. The Labute approximate surface area is 118 Å². The lowest BCUT2D eigenvalue weighted by Gasteiger charge is -2.35. The van der Waals surface area contributed by atoms with Crippen LogP contribution < -0.4 is 4.90 Å². The molecule has 0 spiro atoms. The molecule has 104 valence electrons. The van der Waals surface area contributed by atoms with Crippen molar-refractivity contribution in [1.29, 1.82) is 0 Å². The molecule has 1 aliphatic heterocycles. The van der Waals surface area contributed by atoms with Crippen molar-refractivity contribution in [3.05, 3.63) is 48.3 Å². The van der Waals surface area contributed by atoms with Gasteiger partial charge in [0.2, 0.25) is 0 Å². The first-order valence-electron chi connectivity index (χ1n) is 6.83. The molecule has 20 heavy (non-hydrogen) atoms. The maximum Gasteiger partial charge on any atom is 0.274 e. The van der Waals surface area contributed by atoms with Crippen molar-refractivity contribution in [2.45, 2.75) is 0 Å². The van der Waals surface area contributed by atoms with Crippen LogP contribution in [0.4, 0.5) is 5.69 Å². The van der Waals surface area contributed by atoms with Crippen molar-refractivity contribution < 1.29 is 4.79 Å². The van der Waals surface area contributed by atoms with Crippen molar-refractivity contribution >= 4 is 11.6 Å². The van der Waals surface area contributed by atoms with Crippen LogP contribution in [0.3, 0.4) is 0 Å². The number of rotatable bonds is 2. The van der Waals surface area contributed by atoms with E-state index < -0.39 is 0 Å². The fourth-order valence-electron chi connectivity index (χ4n) is 2.50. The molecule has 0 unspecified atom stereocenters. The van der Waals surface area contributed by atoms with Crippen LogP contribution in [-0.2, 0) is 7.05 Å². The Morgan fingerprint density at radius 2 is 1.75 bits per heavy atom. The molecule has 0 radical (unpaired) electrons. The lowest BCUT2D eigenvalue weighted by atomic mass is 10.2. The molecule has 5 nitrogen and oxygen atoms in total. The highest BCUT2D eigenvalue weighted by molar-refractivity contribution is 5.92. The van der Waals surface area contributed by atoms with Crippen molar-refractivity contribution in [2.75, 3.05) is 31.1 Å². The molecule has 0 aliphatic carbocycles. The van der Waals surface area contributed by atoms with Gasteiger partial charge in [0.25, 0.3) is 5.91 Å². The largest absolute Gasteiger partial charge is 0.368 e. The summed E-state index contributed by atoms with van der Waals surface area (Å²) in [5.41, 5.74) is 1.75. The van der Waals surface area contributed by atoms with Crippen LogP contribution in [0.25, 0.3) is 0 Å². The number of hydrogen-bond donors (Lipinski definition) is 0. The third-order valence-electron chi connectivity index (χ3n) is 3.62. The van der Waals surface area contributed by atoms with Crippen LogP contribution in [0.1, 0.15) is 10.5 Å². The number of piperazine rings is 1. The summed E-state index contributed by atoms with van der Waals surface area (Å²) >= 11 is 0. The molecule has 2 aromatic rings. The molecular formula is C15H18N4O. The number of aromatic nitrogens is 2. The highest BCUT2D eigenvalue weighted by Gasteiger charge is 2.23. The highest BCUT2D eigenvalue weighted by atomic mass is 16.2. The molecule has 0 atom stereocenters. The number of nitrogens with zero attached hydrogens (tertiary/aromatic N) is 4. The number of hydrogen-bond acceptors (Lipinski definition) is 3. The minimum atomic E-state index is 0.0262. The number of carbonyl (C=O) groups excluding carboxylic acids is 1. The molecule has 0 N–H and O–H groups in total. The van der Waals surface area contributed by atoms with Crippen molar-refractivity contribution in [3.8, 4) is 0 Å². The molecule has 1 saturated heterocycles. The smallest absolute Gasteiger partial charge is 0.274 e. The zero-order chi connectivity index (χ0) is 13.9. The first-order valence-corrected chi connectivity index (χ1v) is 6.83. The predicted molar refractivity (Wildman–Crippen MR) is 77.8 cm³/mol. The van der Waals surface area contributed by atoms with E-state index in [0.29, 0.717) is 5.69 Å². The van der Waals surface area contributed by atoms with Crippen LogP contribution >= 0.6 is 0 Å². The maximum absolute atomic E-state index is 12.3. The third kappa shape index (κ3) is 2.52. The second-order valence-corrected chi connectivity index (χ2v) is 4.99. The summed E-state index contributed by atoms with van der Waals surface area (Å²) in [5, 5.41) is 4.17. The van der Waals surface area contributed by atoms with E-state index in [0.717, 1.165) is 26.2 Å². The Morgan fingerprint density at radius 3 is 2.35 bits per heavy atom. The maximum atomic E-state index is 12.3. The number of carbonyl (C=O) groups is 1. The molecule has 2 heterocycles. The summed E-state index contributed by atoms with van der Waals surface area (Å²) in [6.45, 7) is 3.21. The van der Waals surface area contributed by atoms with Crippen molar-refractivity contribution in [1.82, 2.24) is 14.7 Å². The van der Waals surface area contributed by atoms with Crippen LogP contribution in [0, 0.1) is 0 Å². The van der Waals surface area contributed by atoms with E-state index in [1.54, 1.807) is 16.9 Å². The van der Waals surface area contributed by atoms with Gasteiger partial charge in [0.05, 0.1) is 0 Å². The molecule has 1 fully saturated rings. The van der Waals surface area contributed by atoms with Gasteiger partial charge in [-0.1, -0.05) is 18.2 Å². The van der Waals surface area contributed by atoms with Gasteiger partial charge < -0.3 is 9.80 Å². The average Bonchev–Trinajstić information content (AvgIpc) is 2.94. The van der Waals surface area contributed by atoms with E-state index in [1.165, 1.54) is 5.69 Å². The standard InChI is InChI=1S/C15H18N4O/c1-17-8-7-14(16-17)15(20)19-11-9-18(10-12-19)13-5-3-2-4-6-13/h2-8H,9-12H2,1H3. The molecule has 5 heteroatoms. The molecular weight excluding hydrogens is 252 g/mol. The van der Waals surface area contributed by atoms with E-state index in [9.17, 15) is 4.79 Å². The zero-order valence-electron chi connectivity index (χ0n) is 11.6. The van der Waals surface area contributed by atoms with Gasteiger partial charge in [-0.05, 0) is 18.2 Å². The molecule has 0 saturated carbocycles. The van der Waals surface area contributed by atoms with Gasteiger partial charge in [0.15, 0.2) is 0 Å². The molecule has 1 aromatic heterocycles. The van der Waals surface area contributed by atoms with Gasteiger partial charge >= 0.3 is 0 Å². The van der Waals surface area contributed by atoms with Gasteiger partial charge in [0, 0.05) is 45.1 Å². The highest BCUT2D eigenvalue weighted by Crippen LogP contribution is 2.16. The number of benzene rings is 1. The van der Waals surface area contributed by atoms with Crippen LogP contribution in [0.2, 0.25) is 0 Å². The number of amides is 1. The van der Waals surface area contributed by atoms with Gasteiger partial charge in [-0.3, -0.25) is 9.48 Å². The monoisotopic (exact) mass is 270 g/mol. The lowest BCUT2D eigenvalue weighted by Crippen LogP contribution is -2.48. The molecule has 1 aromatic carbocycles. The van der Waals surface area contributed by atoms with E-state index in [2.05, 4.69) is 22.1 Å². The van der Waals surface area contributed by atoms with Gasteiger partial charge in [-0.15, -0.1) is 0 Å². The second-order valence-electron chi connectivity index (χ2n) is 4.99. The van der Waals surface area contributed by atoms with Gasteiger partial charge in [0.1, 0.15) is 5.69 Å². The summed E-state index contributed by atoms with van der Waals surface area (Å²) in [5.74, 6) is 0.0262. The Balaban J connectivity index is 1.63. The van der Waals surface area contributed by atoms with Crippen LogP contribution in [-0.4, -0.2) is 46.8 Å². The molecule has 3 rings (SSSR count). The second kappa shape index (κ2) is 5.36. The van der Waals surface area contributed by atoms with Crippen LogP contribution in [0.5, 0.6) is 0 Å². The molecule has 1 aliphatic rings. The number of para-hydroxylation sites is 1. The minimum absolute atomic E-state index is 0.0262. The molecule has 0 bridgehead atoms. The van der Waals surface area contributed by atoms with E-state index in [-0.39, 0.29) is 5.91 Å². The summed E-state index contributed by atoms with van der Waals surface area (Å²) in [6, 6.07) is 12.1. The normalized spacial score (nSPS) is 15.4. The Kier molecular flexibility index (Phi) is 3.41. The minimum Gasteiger partial charge on any atom is -0.368 e. The van der Waals surface area contributed by atoms with Gasteiger partial charge in [-0.2, -0.15) is 5.10 Å². The zero-order valence-corrected chi connectivity index (χ0v) is 11.6. The fraction of sp³-hybridized carbons (Fsp3) is 0.333. The Morgan fingerprint density at radius 1 is 1.05 bits per heavy atom. The van der Waals surface area contributed by atoms with E-state index in [1.807, 2.05) is 30.1 Å².